The van der Waals surface area contributed by atoms with E-state index in [1.54, 1.807) is 35.4 Å². The van der Waals surface area contributed by atoms with Crippen molar-refractivity contribution in [1.29, 1.82) is 0 Å². The predicted molar refractivity (Wildman–Crippen MR) is 79.0 cm³/mol. The molecule has 0 saturated carbocycles. The maximum atomic E-state index is 11.9. The molecule has 5 heteroatoms. The first-order valence-electron chi connectivity index (χ1n) is 6.60. The van der Waals surface area contributed by atoms with E-state index in [2.05, 4.69) is 15.4 Å². The van der Waals surface area contributed by atoms with Crippen molar-refractivity contribution in [1.82, 2.24) is 20.1 Å². The number of hydrogen-bond acceptors (Lipinski definition) is 3. The lowest BCUT2D eigenvalue weighted by Crippen LogP contribution is -2.22. The maximum Gasteiger partial charge on any atom is 0.253 e. The highest BCUT2D eigenvalue weighted by Gasteiger charge is 2.06. The number of nitrogens with zero attached hydrogens (tertiary/aromatic N) is 3. The first kappa shape index (κ1) is 13.1. The Hall–Kier alpha value is -2.95. The molecule has 0 aliphatic carbocycles. The van der Waals surface area contributed by atoms with Gasteiger partial charge in [0.2, 0.25) is 0 Å². The van der Waals surface area contributed by atoms with Gasteiger partial charge in [-0.15, -0.1) is 0 Å². The van der Waals surface area contributed by atoms with Crippen LogP contribution >= 0.6 is 0 Å². The summed E-state index contributed by atoms with van der Waals surface area (Å²) in [5.41, 5.74) is 2.48. The van der Waals surface area contributed by atoms with E-state index in [0.29, 0.717) is 12.1 Å². The van der Waals surface area contributed by atoms with E-state index in [-0.39, 0.29) is 5.91 Å². The van der Waals surface area contributed by atoms with E-state index in [4.69, 9.17) is 0 Å². The molecule has 1 aromatic carbocycles. The molecule has 2 heterocycles. The van der Waals surface area contributed by atoms with Crippen molar-refractivity contribution in [2.75, 3.05) is 0 Å². The monoisotopic (exact) mass is 278 g/mol. The van der Waals surface area contributed by atoms with Crippen LogP contribution < -0.4 is 5.32 Å². The normalized spacial score (nSPS) is 10.3. The molecule has 0 saturated heterocycles. The number of hydrogen-bond donors (Lipinski definition) is 1. The number of nitrogens with one attached hydrogen (secondary N) is 1. The quantitative estimate of drug-likeness (QED) is 0.796. The topological polar surface area (TPSA) is 59.8 Å². The van der Waals surface area contributed by atoms with Gasteiger partial charge >= 0.3 is 0 Å². The molecule has 0 spiro atoms. The fourth-order valence-corrected chi connectivity index (χ4v) is 1.95. The third kappa shape index (κ3) is 3.14. The molecule has 3 aromatic rings. The number of carbonyl (C=O) groups is 1. The molecule has 1 N–H and O–H groups in total. The third-order valence-electron chi connectivity index (χ3n) is 3.03. The minimum Gasteiger partial charge on any atom is -0.348 e. The van der Waals surface area contributed by atoms with Gasteiger partial charge in [0.1, 0.15) is 0 Å². The molecule has 1 amide bonds. The summed E-state index contributed by atoms with van der Waals surface area (Å²) in [5.74, 6) is -0.143. The van der Waals surface area contributed by atoms with Crippen molar-refractivity contribution in [3.05, 3.63) is 78.4 Å². The average molecular weight is 278 g/mol. The molecule has 0 bridgehead atoms. The molecule has 0 fully saturated rings. The van der Waals surface area contributed by atoms with Crippen LogP contribution in [0.25, 0.3) is 5.69 Å². The van der Waals surface area contributed by atoms with Crippen molar-refractivity contribution < 1.29 is 4.79 Å². The number of para-hydroxylation sites is 1. The Kier molecular flexibility index (Phi) is 3.73. The summed E-state index contributed by atoms with van der Waals surface area (Å²) in [6.45, 7) is 0.431. The highest BCUT2D eigenvalue weighted by Crippen LogP contribution is 2.07. The second-order valence-corrected chi connectivity index (χ2v) is 4.55. The molecule has 0 radical (unpaired) electrons. The van der Waals surface area contributed by atoms with Gasteiger partial charge < -0.3 is 5.32 Å². The van der Waals surface area contributed by atoms with Gasteiger partial charge in [-0.2, -0.15) is 5.10 Å². The van der Waals surface area contributed by atoms with Crippen LogP contribution in [-0.2, 0) is 6.54 Å². The lowest BCUT2D eigenvalue weighted by Gasteiger charge is -2.03. The van der Waals surface area contributed by atoms with Crippen LogP contribution in [0.5, 0.6) is 0 Å². The van der Waals surface area contributed by atoms with E-state index >= 15 is 0 Å². The average Bonchev–Trinajstić information content (AvgIpc) is 3.03. The lowest BCUT2D eigenvalue weighted by atomic mass is 10.2. The van der Waals surface area contributed by atoms with Gasteiger partial charge in [0.05, 0.1) is 17.4 Å². The molecular formula is C16H14N4O. The van der Waals surface area contributed by atoms with Gasteiger partial charge in [0, 0.05) is 30.7 Å². The summed E-state index contributed by atoms with van der Waals surface area (Å²) < 4.78 is 1.78. The van der Waals surface area contributed by atoms with E-state index in [1.165, 1.54) is 0 Å². The predicted octanol–water partition coefficient (Wildman–Crippen LogP) is 2.20. The summed E-state index contributed by atoms with van der Waals surface area (Å²) in [5, 5.41) is 7.14. The standard InChI is InChI=1S/C16H14N4O/c21-16(14-5-4-8-17-11-14)18-9-13-10-19-20(12-13)15-6-2-1-3-7-15/h1-8,10-12H,9H2,(H,18,21). The Morgan fingerprint density at radius 3 is 2.71 bits per heavy atom. The van der Waals surface area contributed by atoms with Gasteiger partial charge in [0.25, 0.3) is 5.91 Å². The van der Waals surface area contributed by atoms with Gasteiger partial charge in [-0.05, 0) is 24.3 Å². The van der Waals surface area contributed by atoms with Crippen LogP contribution in [0.2, 0.25) is 0 Å². The Bertz CT molecular complexity index is 722. The second-order valence-electron chi connectivity index (χ2n) is 4.55. The number of rotatable bonds is 4. The molecule has 2 aromatic heterocycles. The summed E-state index contributed by atoms with van der Waals surface area (Å²) in [4.78, 5) is 15.8. The largest absolute Gasteiger partial charge is 0.348 e. The van der Waals surface area contributed by atoms with E-state index in [0.717, 1.165) is 11.3 Å². The SMILES string of the molecule is O=C(NCc1cnn(-c2ccccc2)c1)c1cccnc1. The zero-order chi connectivity index (χ0) is 14.5. The van der Waals surface area contributed by atoms with E-state index < -0.39 is 0 Å². The van der Waals surface area contributed by atoms with Gasteiger partial charge in [-0.3, -0.25) is 9.78 Å². The molecular weight excluding hydrogens is 264 g/mol. The zero-order valence-corrected chi connectivity index (χ0v) is 11.3. The Morgan fingerprint density at radius 1 is 1.10 bits per heavy atom. The van der Waals surface area contributed by atoms with Crippen molar-refractivity contribution in [2.24, 2.45) is 0 Å². The van der Waals surface area contributed by atoms with Crippen LogP contribution in [0.3, 0.4) is 0 Å². The molecule has 5 nitrogen and oxygen atoms in total. The smallest absolute Gasteiger partial charge is 0.253 e. The van der Waals surface area contributed by atoms with Gasteiger partial charge in [-0.25, -0.2) is 4.68 Å². The Morgan fingerprint density at radius 2 is 1.95 bits per heavy atom. The summed E-state index contributed by atoms with van der Waals surface area (Å²) in [6.07, 6.45) is 6.83. The second kappa shape index (κ2) is 6.00. The molecule has 0 unspecified atom stereocenters. The molecule has 21 heavy (non-hydrogen) atoms. The fraction of sp³-hybridized carbons (Fsp3) is 0.0625. The number of carbonyl (C=O) groups excluding carboxylic acids is 1. The van der Waals surface area contributed by atoms with E-state index in [1.807, 2.05) is 36.5 Å². The number of amides is 1. The zero-order valence-electron chi connectivity index (χ0n) is 11.3. The maximum absolute atomic E-state index is 11.9. The van der Waals surface area contributed by atoms with Crippen molar-refractivity contribution in [2.45, 2.75) is 6.54 Å². The first-order valence-corrected chi connectivity index (χ1v) is 6.60. The summed E-state index contributed by atoms with van der Waals surface area (Å²) >= 11 is 0. The minimum absolute atomic E-state index is 0.143. The number of aromatic nitrogens is 3. The fourth-order valence-electron chi connectivity index (χ4n) is 1.95. The third-order valence-corrected chi connectivity index (χ3v) is 3.03. The highest BCUT2D eigenvalue weighted by atomic mass is 16.1. The summed E-state index contributed by atoms with van der Waals surface area (Å²) in [6, 6.07) is 13.3. The molecule has 0 atom stereocenters. The van der Waals surface area contributed by atoms with E-state index in [9.17, 15) is 4.79 Å². The van der Waals surface area contributed by atoms with Crippen molar-refractivity contribution >= 4 is 5.91 Å². The molecule has 104 valence electrons. The molecule has 0 aliphatic heterocycles. The number of pyridine rings is 1. The lowest BCUT2D eigenvalue weighted by molar-refractivity contribution is 0.0950. The highest BCUT2D eigenvalue weighted by molar-refractivity contribution is 5.93. The van der Waals surface area contributed by atoms with Crippen LogP contribution in [-0.4, -0.2) is 20.7 Å². The van der Waals surface area contributed by atoms with Gasteiger partial charge in [-0.1, -0.05) is 18.2 Å². The van der Waals surface area contributed by atoms with Crippen LogP contribution in [0.1, 0.15) is 15.9 Å². The number of benzene rings is 1. The van der Waals surface area contributed by atoms with Crippen LogP contribution in [0, 0.1) is 0 Å². The minimum atomic E-state index is -0.143. The van der Waals surface area contributed by atoms with Crippen LogP contribution in [0.15, 0.2) is 67.3 Å². The molecule has 3 rings (SSSR count). The Labute approximate surface area is 122 Å². The van der Waals surface area contributed by atoms with Crippen LogP contribution in [0.4, 0.5) is 0 Å². The molecule has 0 aliphatic rings. The van der Waals surface area contributed by atoms with Crippen molar-refractivity contribution in [3.8, 4) is 5.69 Å². The Balaban J connectivity index is 1.64. The summed E-state index contributed by atoms with van der Waals surface area (Å²) in [7, 11) is 0. The van der Waals surface area contributed by atoms with Gasteiger partial charge in [0.15, 0.2) is 0 Å². The first-order chi connectivity index (χ1) is 10.3. The van der Waals surface area contributed by atoms with Crippen molar-refractivity contribution in [3.63, 3.8) is 0 Å².